The van der Waals surface area contributed by atoms with Gasteiger partial charge in [-0.3, -0.25) is 4.68 Å². The quantitative estimate of drug-likeness (QED) is 0.857. The summed E-state index contributed by atoms with van der Waals surface area (Å²) < 4.78 is 1.88. The summed E-state index contributed by atoms with van der Waals surface area (Å²) in [6.45, 7) is 5.33. The van der Waals surface area contributed by atoms with Crippen LogP contribution in [0.1, 0.15) is 31.4 Å². The highest BCUT2D eigenvalue weighted by atomic mass is 16.2. The van der Waals surface area contributed by atoms with Crippen LogP contribution in [-0.4, -0.2) is 21.9 Å². The molecule has 21 heavy (non-hydrogen) atoms. The van der Waals surface area contributed by atoms with Crippen LogP contribution in [0.25, 0.3) is 0 Å². The molecule has 0 spiro atoms. The van der Waals surface area contributed by atoms with E-state index in [1.165, 1.54) is 5.56 Å². The van der Waals surface area contributed by atoms with Crippen molar-refractivity contribution in [1.29, 1.82) is 0 Å². The zero-order valence-electron chi connectivity index (χ0n) is 12.5. The molecule has 5 nitrogen and oxygen atoms in total. The van der Waals surface area contributed by atoms with Gasteiger partial charge < -0.3 is 10.6 Å². The van der Waals surface area contributed by atoms with Gasteiger partial charge in [-0.05, 0) is 30.5 Å². The van der Waals surface area contributed by atoms with Crippen molar-refractivity contribution in [3.05, 3.63) is 53.9 Å². The summed E-state index contributed by atoms with van der Waals surface area (Å²) in [7, 11) is 0. The standard InChI is InChI=1S/C16H22N4O/c1-3-13(2)19-16(21)17-11-14-5-7-15(8-6-14)12-20-10-4-9-18-20/h4-10,13H,3,11-12H2,1-2H3,(H2,17,19,21). The fraction of sp³-hybridized carbons (Fsp3) is 0.375. The van der Waals surface area contributed by atoms with Crippen molar-refractivity contribution < 1.29 is 4.79 Å². The van der Waals surface area contributed by atoms with Gasteiger partial charge in [-0.1, -0.05) is 31.2 Å². The molecular formula is C16H22N4O. The first-order valence-corrected chi connectivity index (χ1v) is 7.27. The summed E-state index contributed by atoms with van der Waals surface area (Å²) in [6.07, 6.45) is 4.64. The molecule has 1 heterocycles. The number of nitrogens with one attached hydrogen (secondary N) is 2. The molecule has 0 saturated heterocycles. The van der Waals surface area contributed by atoms with E-state index in [4.69, 9.17) is 0 Å². The lowest BCUT2D eigenvalue weighted by Crippen LogP contribution is -2.40. The number of nitrogens with zero attached hydrogens (tertiary/aromatic N) is 2. The Morgan fingerprint density at radius 3 is 2.62 bits per heavy atom. The van der Waals surface area contributed by atoms with Crippen LogP contribution in [0, 0.1) is 0 Å². The third kappa shape index (κ3) is 4.95. The topological polar surface area (TPSA) is 59.0 Å². The second-order valence-corrected chi connectivity index (χ2v) is 5.16. The van der Waals surface area contributed by atoms with Crippen molar-refractivity contribution in [2.75, 3.05) is 0 Å². The lowest BCUT2D eigenvalue weighted by molar-refractivity contribution is 0.237. The molecule has 1 unspecified atom stereocenters. The highest BCUT2D eigenvalue weighted by molar-refractivity contribution is 5.74. The molecule has 2 amide bonds. The Hall–Kier alpha value is -2.30. The molecule has 0 bridgehead atoms. The van der Waals surface area contributed by atoms with Gasteiger partial charge in [0.1, 0.15) is 0 Å². The van der Waals surface area contributed by atoms with E-state index in [2.05, 4.69) is 27.9 Å². The Morgan fingerprint density at radius 1 is 1.29 bits per heavy atom. The van der Waals surface area contributed by atoms with Crippen LogP contribution in [0.4, 0.5) is 4.79 Å². The molecule has 2 aromatic rings. The zero-order chi connectivity index (χ0) is 15.1. The van der Waals surface area contributed by atoms with Crippen LogP contribution in [0.3, 0.4) is 0 Å². The minimum Gasteiger partial charge on any atom is -0.336 e. The average molecular weight is 286 g/mol. The molecule has 0 aliphatic heterocycles. The zero-order valence-corrected chi connectivity index (χ0v) is 12.5. The number of hydrogen-bond acceptors (Lipinski definition) is 2. The minimum atomic E-state index is -0.120. The number of urea groups is 1. The van der Waals surface area contributed by atoms with E-state index in [1.54, 1.807) is 6.20 Å². The van der Waals surface area contributed by atoms with Crippen molar-refractivity contribution >= 4 is 6.03 Å². The summed E-state index contributed by atoms with van der Waals surface area (Å²) in [5, 5.41) is 9.92. The van der Waals surface area contributed by atoms with Crippen LogP contribution in [0.15, 0.2) is 42.7 Å². The summed E-state index contributed by atoms with van der Waals surface area (Å²) in [6, 6.07) is 10.2. The maximum Gasteiger partial charge on any atom is 0.315 e. The Kier molecular flexibility index (Phi) is 5.37. The van der Waals surface area contributed by atoms with Crippen LogP contribution in [0.2, 0.25) is 0 Å². The predicted molar refractivity (Wildman–Crippen MR) is 82.9 cm³/mol. The molecule has 1 aromatic carbocycles. The van der Waals surface area contributed by atoms with E-state index in [9.17, 15) is 4.79 Å². The molecule has 0 saturated carbocycles. The summed E-state index contributed by atoms with van der Waals surface area (Å²) >= 11 is 0. The third-order valence-corrected chi connectivity index (χ3v) is 3.37. The molecule has 112 valence electrons. The van der Waals surface area contributed by atoms with E-state index >= 15 is 0 Å². The van der Waals surface area contributed by atoms with Crippen LogP contribution in [-0.2, 0) is 13.1 Å². The summed E-state index contributed by atoms with van der Waals surface area (Å²) in [5.74, 6) is 0. The lowest BCUT2D eigenvalue weighted by Gasteiger charge is -2.12. The molecule has 2 N–H and O–H groups in total. The van der Waals surface area contributed by atoms with E-state index in [0.717, 1.165) is 18.5 Å². The number of benzene rings is 1. The molecule has 0 aliphatic rings. The molecule has 1 atom stereocenters. The van der Waals surface area contributed by atoms with Crippen molar-refractivity contribution in [3.63, 3.8) is 0 Å². The van der Waals surface area contributed by atoms with E-state index in [-0.39, 0.29) is 12.1 Å². The average Bonchev–Trinajstić information content (AvgIpc) is 2.99. The lowest BCUT2D eigenvalue weighted by atomic mass is 10.1. The van der Waals surface area contributed by atoms with Crippen LogP contribution >= 0.6 is 0 Å². The minimum absolute atomic E-state index is 0.120. The fourth-order valence-corrected chi connectivity index (χ4v) is 1.90. The number of carbonyl (C=O) groups excluding carboxylic acids is 1. The maximum absolute atomic E-state index is 11.6. The van der Waals surface area contributed by atoms with Gasteiger partial charge in [-0.2, -0.15) is 5.10 Å². The number of hydrogen-bond donors (Lipinski definition) is 2. The van der Waals surface area contributed by atoms with Crippen LogP contribution < -0.4 is 10.6 Å². The highest BCUT2D eigenvalue weighted by Gasteiger charge is 2.04. The van der Waals surface area contributed by atoms with Gasteiger partial charge in [0.15, 0.2) is 0 Å². The number of aromatic nitrogens is 2. The van der Waals surface area contributed by atoms with Crippen molar-refractivity contribution in [1.82, 2.24) is 20.4 Å². The molecule has 0 fully saturated rings. The van der Waals surface area contributed by atoms with E-state index < -0.39 is 0 Å². The molecule has 0 radical (unpaired) electrons. The molecule has 5 heteroatoms. The smallest absolute Gasteiger partial charge is 0.315 e. The molecule has 2 rings (SSSR count). The van der Waals surface area contributed by atoms with Gasteiger partial charge in [-0.25, -0.2) is 4.79 Å². The molecule has 0 aliphatic carbocycles. The SMILES string of the molecule is CCC(C)NC(=O)NCc1ccc(Cn2cccn2)cc1. The van der Waals surface area contributed by atoms with Crippen molar-refractivity contribution in [3.8, 4) is 0 Å². The molecular weight excluding hydrogens is 264 g/mol. The van der Waals surface area contributed by atoms with E-state index in [0.29, 0.717) is 6.54 Å². The first kappa shape index (κ1) is 15.1. The third-order valence-electron chi connectivity index (χ3n) is 3.37. The number of carbonyl (C=O) groups is 1. The first-order chi connectivity index (χ1) is 10.2. The predicted octanol–water partition coefficient (Wildman–Crippen LogP) is 2.53. The monoisotopic (exact) mass is 286 g/mol. The largest absolute Gasteiger partial charge is 0.336 e. The second-order valence-electron chi connectivity index (χ2n) is 5.16. The molecule has 1 aromatic heterocycles. The Balaban J connectivity index is 1.81. The normalized spacial score (nSPS) is 11.9. The van der Waals surface area contributed by atoms with Gasteiger partial charge >= 0.3 is 6.03 Å². The Bertz CT molecular complexity index is 548. The maximum atomic E-state index is 11.6. The van der Waals surface area contributed by atoms with Crippen molar-refractivity contribution in [2.45, 2.75) is 39.4 Å². The van der Waals surface area contributed by atoms with Crippen LogP contribution in [0.5, 0.6) is 0 Å². The summed E-state index contributed by atoms with van der Waals surface area (Å²) in [5.41, 5.74) is 2.27. The highest BCUT2D eigenvalue weighted by Crippen LogP contribution is 2.06. The van der Waals surface area contributed by atoms with Gasteiger partial charge in [0.05, 0.1) is 6.54 Å². The van der Waals surface area contributed by atoms with Crippen molar-refractivity contribution in [2.24, 2.45) is 0 Å². The first-order valence-electron chi connectivity index (χ1n) is 7.27. The van der Waals surface area contributed by atoms with E-state index in [1.807, 2.05) is 42.9 Å². The summed E-state index contributed by atoms with van der Waals surface area (Å²) in [4.78, 5) is 11.6. The Labute approximate surface area is 125 Å². The van der Waals surface area contributed by atoms with Gasteiger partial charge in [0.2, 0.25) is 0 Å². The van der Waals surface area contributed by atoms with Gasteiger partial charge in [-0.15, -0.1) is 0 Å². The number of amides is 2. The Morgan fingerprint density at radius 2 is 2.00 bits per heavy atom. The second kappa shape index (κ2) is 7.47. The number of rotatable bonds is 6. The van der Waals surface area contributed by atoms with Gasteiger partial charge in [0, 0.05) is 25.0 Å². The van der Waals surface area contributed by atoms with Gasteiger partial charge in [0.25, 0.3) is 0 Å². The fourth-order valence-electron chi connectivity index (χ4n) is 1.90.